The van der Waals surface area contributed by atoms with Crippen LogP contribution in [0, 0.1) is 0 Å². The summed E-state index contributed by atoms with van der Waals surface area (Å²) in [4.78, 5) is 16.3. The molecule has 28 heavy (non-hydrogen) atoms. The molecule has 1 aliphatic heterocycles. The Balaban J connectivity index is 1.59. The molecule has 1 amide bonds. The molecule has 3 rings (SSSR count). The lowest BCUT2D eigenvalue weighted by Crippen LogP contribution is -2.45. The Hall–Kier alpha value is -2.17. The zero-order valence-electron chi connectivity index (χ0n) is 17.2. The van der Waals surface area contributed by atoms with Gasteiger partial charge in [-0.1, -0.05) is 60.7 Å². The molecule has 1 atom stereocenters. The predicted molar refractivity (Wildman–Crippen MR) is 115 cm³/mol. The summed E-state index contributed by atoms with van der Waals surface area (Å²) in [5, 5.41) is 3.07. The van der Waals surface area contributed by atoms with Crippen molar-refractivity contribution in [1.82, 2.24) is 15.1 Å². The minimum absolute atomic E-state index is 0.0862. The van der Waals surface area contributed by atoms with E-state index in [-0.39, 0.29) is 5.91 Å². The van der Waals surface area contributed by atoms with Crippen molar-refractivity contribution < 1.29 is 4.79 Å². The van der Waals surface area contributed by atoms with E-state index in [9.17, 15) is 4.79 Å². The van der Waals surface area contributed by atoms with E-state index in [1.165, 1.54) is 11.1 Å². The van der Waals surface area contributed by atoms with Crippen LogP contribution in [0.15, 0.2) is 60.7 Å². The minimum Gasteiger partial charge on any atom is -0.354 e. The Morgan fingerprint density at radius 3 is 2.29 bits per heavy atom. The third kappa shape index (κ3) is 6.47. The highest BCUT2D eigenvalue weighted by atomic mass is 16.1. The summed E-state index contributed by atoms with van der Waals surface area (Å²) in [5.74, 6) is 0.565. The number of benzene rings is 2. The van der Waals surface area contributed by atoms with E-state index in [0.717, 1.165) is 45.6 Å². The number of carbonyl (C=O) groups is 1. The number of hydrogen-bond acceptors (Lipinski definition) is 3. The minimum atomic E-state index is 0.0862. The molecule has 1 aliphatic rings. The van der Waals surface area contributed by atoms with Crippen molar-refractivity contribution in [3.63, 3.8) is 0 Å². The van der Waals surface area contributed by atoms with E-state index < -0.39 is 0 Å². The zero-order chi connectivity index (χ0) is 19.8. The molecule has 0 aliphatic carbocycles. The summed E-state index contributed by atoms with van der Waals surface area (Å²) in [6.45, 7) is 6.78. The van der Waals surface area contributed by atoms with E-state index in [1.807, 2.05) is 0 Å². The molecule has 150 valence electrons. The molecular weight excluding hydrogens is 346 g/mol. The molecule has 1 fully saturated rings. The smallest absolute Gasteiger partial charge is 0.217 e. The average Bonchev–Trinajstić information content (AvgIpc) is 2.70. The van der Waals surface area contributed by atoms with E-state index >= 15 is 0 Å². The number of nitrogens with zero attached hydrogens (tertiary/aromatic N) is 2. The zero-order valence-corrected chi connectivity index (χ0v) is 17.2. The van der Waals surface area contributed by atoms with Gasteiger partial charge < -0.3 is 15.1 Å². The maximum atomic E-state index is 11.3. The number of carbonyl (C=O) groups excluding carboxylic acids is 1. The number of hydrogen-bond donors (Lipinski definition) is 1. The van der Waals surface area contributed by atoms with Crippen molar-refractivity contribution in [2.24, 2.45) is 0 Å². The van der Waals surface area contributed by atoms with Gasteiger partial charge in [0.05, 0.1) is 0 Å². The molecule has 4 heteroatoms. The Bertz CT molecular complexity index is 711. The summed E-state index contributed by atoms with van der Waals surface area (Å²) in [6, 6.07) is 21.9. The summed E-state index contributed by atoms with van der Waals surface area (Å²) in [6.07, 6.45) is 2.09. The van der Waals surface area contributed by atoms with Gasteiger partial charge in [-0.2, -0.15) is 0 Å². The lowest BCUT2D eigenvalue weighted by atomic mass is 9.96. The first kappa shape index (κ1) is 20.6. The van der Waals surface area contributed by atoms with E-state index in [2.05, 4.69) is 82.8 Å². The third-order valence-corrected chi connectivity index (χ3v) is 5.57. The molecule has 0 saturated carbocycles. The van der Waals surface area contributed by atoms with Crippen LogP contribution in [0.3, 0.4) is 0 Å². The Morgan fingerprint density at radius 2 is 1.68 bits per heavy atom. The maximum Gasteiger partial charge on any atom is 0.217 e. The van der Waals surface area contributed by atoms with E-state index in [0.29, 0.717) is 12.0 Å². The van der Waals surface area contributed by atoms with Crippen molar-refractivity contribution in [2.75, 3.05) is 33.2 Å². The molecule has 0 aromatic heterocycles. The highest BCUT2D eigenvalue weighted by Crippen LogP contribution is 2.21. The molecule has 0 spiro atoms. The van der Waals surface area contributed by atoms with Gasteiger partial charge in [-0.15, -0.1) is 0 Å². The number of rotatable bonds is 8. The topological polar surface area (TPSA) is 35.6 Å². The molecule has 1 heterocycles. The first-order valence-electron chi connectivity index (χ1n) is 10.4. The van der Waals surface area contributed by atoms with Crippen LogP contribution in [-0.4, -0.2) is 55.0 Å². The van der Waals surface area contributed by atoms with Crippen molar-refractivity contribution in [3.05, 3.63) is 71.8 Å². The highest BCUT2D eigenvalue weighted by Gasteiger charge is 2.23. The SMILES string of the molecule is CC(=O)NC1CCN(CC(CN(C)Cc2ccccc2)c2ccccc2)CC1. The van der Waals surface area contributed by atoms with Crippen molar-refractivity contribution in [3.8, 4) is 0 Å². The molecular formula is C24H33N3O. The van der Waals surface area contributed by atoms with Crippen LogP contribution in [0.5, 0.6) is 0 Å². The molecule has 1 saturated heterocycles. The van der Waals surface area contributed by atoms with Gasteiger partial charge in [0.15, 0.2) is 0 Å². The van der Waals surface area contributed by atoms with Gasteiger partial charge in [0, 0.05) is 51.6 Å². The molecule has 0 bridgehead atoms. The summed E-state index contributed by atoms with van der Waals surface area (Å²) < 4.78 is 0. The molecule has 1 N–H and O–H groups in total. The summed E-state index contributed by atoms with van der Waals surface area (Å²) >= 11 is 0. The van der Waals surface area contributed by atoms with Crippen LogP contribution in [0.4, 0.5) is 0 Å². The Morgan fingerprint density at radius 1 is 1.07 bits per heavy atom. The molecule has 0 radical (unpaired) electrons. The van der Waals surface area contributed by atoms with Gasteiger partial charge in [0.2, 0.25) is 5.91 Å². The maximum absolute atomic E-state index is 11.3. The van der Waals surface area contributed by atoms with Crippen molar-refractivity contribution >= 4 is 5.91 Å². The first-order chi connectivity index (χ1) is 13.6. The van der Waals surface area contributed by atoms with Crippen LogP contribution < -0.4 is 5.32 Å². The Kier molecular flexibility index (Phi) is 7.63. The lowest BCUT2D eigenvalue weighted by Gasteiger charge is -2.35. The van der Waals surface area contributed by atoms with Crippen LogP contribution in [0.25, 0.3) is 0 Å². The summed E-state index contributed by atoms with van der Waals surface area (Å²) in [5.41, 5.74) is 2.76. The van der Waals surface area contributed by atoms with Gasteiger partial charge in [-0.3, -0.25) is 4.79 Å². The molecule has 4 nitrogen and oxygen atoms in total. The number of likely N-dealkylation sites (N-methyl/N-ethyl adjacent to an activating group) is 1. The quantitative estimate of drug-likeness (QED) is 0.762. The van der Waals surface area contributed by atoms with Crippen molar-refractivity contribution in [1.29, 1.82) is 0 Å². The van der Waals surface area contributed by atoms with Crippen LogP contribution in [-0.2, 0) is 11.3 Å². The van der Waals surface area contributed by atoms with Gasteiger partial charge in [-0.25, -0.2) is 0 Å². The lowest BCUT2D eigenvalue weighted by molar-refractivity contribution is -0.119. The fourth-order valence-electron chi connectivity index (χ4n) is 4.19. The second-order valence-electron chi connectivity index (χ2n) is 8.07. The first-order valence-corrected chi connectivity index (χ1v) is 10.4. The van der Waals surface area contributed by atoms with E-state index in [4.69, 9.17) is 0 Å². The van der Waals surface area contributed by atoms with Gasteiger partial charge in [0.25, 0.3) is 0 Å². The number of likely N-dealkylation sites (tertiary alicyclic amines) is 1. The fourth-order valence-corrected chi connectivity index (χ4v) is 4.19. The highest BCUT2D eigenvalue weighted by molar-refractivity contribution is 5.73. The van der Waals surface area contributed by atoms with Gasteiger partial charge in [0.1, 0.15) is 0 Å². The largest absolute Gasteiger partial charge is 0.354 e. The Labute approximate surface area is 169 Å². The standard InChI is InChI=1S/C24H33N3O/c1-20(28)25-24-13-15-27(16-14-24)19-23(22-11-7-4-8-12-22)18-26(2)17-21-9-5-3-6-10-21/h3-12,23-24H,13-19H2,1-2H3,(H,25,28). The van der Waals surface area contributed by atoms with Crippen molar-refractivity contribution in [2.45, 2.75) is 38.3 Å². The number of piperidine rings is 1. The monoisotopic (exact) mass is 379 g/mol. The second kappa shape index (κ2) is 10.4. The molecule has 2 aromatic carbocycles. The predicted octanol–water partition coefficient (Wildman–Crippen LogP) is 3.50. The normalized spacial score (nSPS) is 16.8. The van der Waals surface area contributed by atoms with Gasteiger partial charge in [-0.05, 0) is 31.0 Å². The fraction of sp³-hybridized carbons (Fsp3) is 0.458. The molecule has 1 unspecified atom stereocenters. The van der Waals surface area contributed by atoms with Crippen LogP contribution in [0.2, 0.25) is 0 Å². The van der Waals surface area contributed by atoms with Gasteiger partial charge >= 0.3 is 0 Å². The summed E-state index contributed by atoms with van der Waals surface area (Å²) in [7, 11) is 2.21. The molecule has 2 aromatic rings. The van der Waals surface area contributed by atoms with Crippen LogP contribution >= 0.6 is 0 Å². The second-order valence-corrected chi connectivity index (χ2v) is 8.07. The number of nitrogens with one attached hydrogen (secondary N) is 1. The van der Waals surface area contributed by atoms with Crippen LogP contribution in [0.1, 0.15) is 36.8 Å². The third-order valence-electron chi connectivity index (χ3n) is 5.57. The average molecular weight is 380 g/mol. The number of amides is 1. The van der Waals surface area contributed by atoms with E-state index in [1.54, 1.807) is 6.92 Å².